The van der Waals surface area contributed by atoms with Gasteiger partial charge < -0.3 is 4.90 Å². The molecule has 1 aliphatic carbocycles. The van der Waals surface area contributed by atoms with Crippen molar-refractivity contribution in [3.8, 4) is 44.5 Å². The molecular formula is C50H39N. The molecule has 244 valence electrons. The lowest BCUT2D eigenvalue weighted by Gasteiger charge is -2.30. The van der Waals surface area contributed by atoms with Crippen LogP contribution in [0.4, 0.5) is 17.1 Å². The van der Waals surface area contributed by atoms with Crippen molar-refractivity contribution < 1.29 is 0 Å². The zero-order chi connectivity index (χ0) is 34.5. The third-order valence-corrected chi connectivity index (χ3v) is 10.8. The van der Waals surface area contributed by atoms with Crippen molar-refractivity contribution in [2.45, 2.75) is 26.2 Å². The fourth-order valence-electron chi connectivity index (χ4n) is 8.16. The predicted octanol–water partition coefficient (Wildman–Crippen LogP) is 13.9. The molecule has 0 saturated carbocycles. The molecule has 0 fully saturated rings. The molecule has 1 aliphatic rings. The summed E-state index contributed by atoms with van der Waals surface area (Å²) in [5, 5.41) is 2.50. The fourth-order valence-corrected chi connectivity index (χ4v) is 8.16. The normalized spacial score (nSPS) is 12.8. The molecule has 1 nitrogen and oxygen atoms in total. The second-order valence-electron chi connectivity index (χ2n) is 14.2. The number of hydrogen-bond acceptors (Lipinski definition) is 1. The number of fused-ring (bicyclic) bond motifs is 4. The number of hydrogen-bond donors (Lipinski definition) is 0. The minimum Gasteiger partial charge on any atom is -0.310 e. The summed E-state index contributed by atoms with van der Waals surface area (Å²) in [5.74, 6) is 0. The van der Waals surface area contributed by atoms with Gasteiger partial charge >= 0.3 is 0 Å². The van der Waals surface area contributed by atoms with Gasteiger partial charge in [0.15, 0.2) is 0 Å². The summed E-state index contributed by atoms with van der Waals surface area (Å²) < 4.78 is 0. The number of nitrogens with zero attached hydrogens (tertiary/aromatic N) is 1. The number of aryl methyl sites for hydroxylation is 1. The van der Waals surface area contributed by atoms with Gasteiger partial charge in [-0.1, -0.05) is 153 Å². The number of anilines is 3. The Labute approximate surface area is 301 Å². The van der Waals surface area contributed by atoms with E-state index < -0.39 is 0 Å². The van der Waals surface area contributed by atoms with Crippen LogP contribution in [0.1, 0.15) is 30.5 Å². The molecule has 0 aliphatic heterocycles. The third-order valence-electron chi connectivity index (χ3n) is 10.8. The van der Waals surface area contributed by atoms with Crippen molar-refractivity contribution in [3.05, 3.63) is 199 Å². The summed E-state index contributed by atoms with van der Waals surface area (Å²) >= 11 is 0. The van der Waals surface area contributed by atoms with Crippen LogP contribution in [0.15, 0.2) is 182 Å². The number of para-hydroxylation sites is 1. The Bertz CT molecular complexity index is 2560. The molecule has 1 heteroatoms. The summed E-state index contributed by atoms with van der Waals surface area (Å²) in [6.45, 7) is 6.91. The number of rotatable bonds is 6. The SMILES string of the molecule is Cc1ccccc1-c1cc2ccccc2cc1-c1ccc(N(c2ccc3c(c2)C(C)(C)c2ccccc2-3)c2ccccc2-c2ccccc2)cc1. The first-order chi connectivity index (χ1) is 25.0. The van der Waals surface area contributed by atoms with Gasteiger partial charge in [-0.2, -0.15) is 0 Å². The highest BCUT2D eigenvalue weighted by atomic mass is 15.1. The third kappa shape index (κ3) is 5.25. The van der Waals surface area contributed by atoms with Crippen LogP contribution < -0.4 is 4.90 Å². The first-order valence-electron chi connectivity index (χ1n) is 17.9. The van der Waals surface area contributed by atoms with E-state index in [0.717, 1.165) is 17.1 Å². The molecule has 0 bridgehead atoms. The van der Waals surface area contributed by atoms with E-state index in [4.69, 9.17) is 0 Å². The molecule has 0 amide bonds. The van der Waals surface area contributed by atoms with Gasteiger partial charge in [-0.25, -0.2) is 0 Å². The lowest BCUT2D eigenvalue weighted by atomic mass is 9.82. The maximum atomic E-state index is 2.44. The van der Waals surface area contributed by atoms with Gasteiger partial charge in [-0.15, -0.1) is 0 Å². The Morgan fingerprint density at radius 1 is 0.373 bits per heavy atom. The maximum absolute atomic E-state index is 2.44. The van der Waals surface area contributed by atoms with E-state index in [9.17, 15) is 0 Å². The molecule has 0 unspecified atom stereocenters. The molecule has 0 saturated heterocycles. The molecular weight excluding hydrogens is 615 g/mol. The van der Waals surface area contributed by atoms with Crippen LogP contribution in [0.5, 0.6) is 0 Å². The average Bonchev–Trinajstić information content (AvgIpc) is 3.41. The zero-order valence-electron chi connectivity index (χ0n) is 29.3. The topological polar surface area (TPSA) is 3.24 Å². The predicted molar refractivity (Wildman–Crippen MR) is 217 cm³/mol. The second-order valence-corrected chi connectivity index (χ2v) is 14.2. The van der Waals surface area contributed by atoms with Crippen LogP contribution in [0.2, 0.25) is 0 Å². The van der Waals surface area contributed by atoms with Gasteiger partial charge in [0, 0.05) is 22.4 Å². The largest absolute Gasteiger partial charge is 0.310 e. The molecule has 0 N–H and O–H groups in total. The van der Waals surface area contributed by atoms with Crippen molar-refractivity contribution >= 4 is 27.8 Å². The van der Waals surface area contributed by atoms with E-state index in [1.807, 2.05) is 0 Å². The van der Waals surface area contributed by atoms with Crippen molar-refractivity contribution in [2.24, 2.45) is 0 Å². The molecule has 0 spiro atoms. The van der Waals surface area contributed by atoms with Gasteiger partial charge in [0.2, 0.25) is 0 Å². The van der Waals surface area contributed by atoms with Crippen LogP contribution in [0.25, 0.3) is 55.3 Å². The van der Waals surface area contributed by atoms with E-state index in [1.165, 1.54) is 72.0 Å². The minimum atomic E-state index is -0.0987. The van der Waals surface area contributed by atoms with Gasteiger partial charge in [-0.3, -0.25) is 0 Å². The Balaban J connectivity index is 1.22. The molecule has 0 aromatic heterocycles. The van der Waals surface area contributed by atoms with Crippen LogP contribution in [-0.4, -0.2) is 0 Å². The van der Waals surface area contributed by atoms with Crippen molar-refractivity contribution in [3.63, 3.8) is 0 Å². The van der Waals surface area contributed by atoms with E-state index >= 15 is 0 Å². The van der Waals surface area contributed by atoms with Gasteiger partial charge in [0.05, 0.1) is 5.69 Å². The summed E-state index contributed by atoms with van der Waals surface area (Å²) in [7, 11) is 0. The minimum absolute atomic E-state index is 0.0987. The van der Waals surface area contributed by atoms with Crippen molar-refractivity contribution in [1.29, 1.82) is 0 Å². The van der Waals surface area contributed by atoms with Crippen LogP contribution >= 0.6 is 0 Å². The summed E-state index contributed by atoms with van der Waals surface area (Å²) in [6.07, 6.45) is 0. The summed E-state index contributed by atoms with van der Waals surface area (Å²) in [5.41, 5.74) is 17.4. The maximum Gasteiger partial charge on any atom is 0.0540 e. The molecule has 0 atom stereocenters. The highest BCUT2D eigenvalue weighted by Crippen LogP contribution is 2.51. The Hall–Kier alpha value is -6.18. The molecule has 0 heterocycles. The van der Waals surface area contributed by atoms with E-state index in [-0.39, 0.29) is 5.41 Å². The summed E-state index contributed by atoms with van der Waals surface area (Å²) in [4.78, 5) is 2.44. The fraction of sp³-hybridized carbons (Fsp3) is 0.0800. The van der Waals surface area contributed by atoms with E-state index in [0.29, 0.717) is 0 Å². The van der Waals surface area contributed by atoms with Gasteiger partial charge in [-0.05, 0) is 116 Å². The molecule has 8 aromatic rings. The van der Waals surface area contributed by atoms with Crippen LogP contribution in [-0.2, 0) is 5.41 Å². The molecule has 0 radical (unpaired) electrons. The molecule has 51 heavy (non-hydrogen) atoms. The van der Waals surface area contributed by atoms with Crippen LogP contribution in [0, 0.1) is 6.92 Å². The van der Waals surface area contributed by atoms with Crippen molar-refractivity contribution in [2.75, 3.05) is 4.90 Å². The lowest BCUT2D eigenvalue weighted by molar-refractivity contribution is 0.660. The van der Waals surface area contributed by atoms with Crippen LogP contribution in [0.3, 0.4) is 0 Å². The van der Waals surface area contributed by atoms with Crippen molar-refractivity contribution in [1.82, 2.24) is 0 Å². The monoisotopic (exact) mass is 653 g/mol. The second kappa shape index (κ2) is 12.3. The zero-order valence-corrected chi connectivity index (χ0v) is 29.3. The molecule has 9 rings (SSSR count). The molecule has 8 aromatic carbocycles. The number of benzene rings is 8. The highest BCUT2D eigenvalue weighted by molar-refractivity contribution is 5.98. The van der Waals surface area contributed by atoms with Gasteiger partial charge in [0.1, 0.15) is 0 Å². The quantitative estimate of drug-likeness (QED) is 0.173. The van der Waals surface area contributed by atoms with E-state index in [1.54, 1.807) is 0 Å². The lowest BCUT2D eigenvalue weighted by Crippen LogP contribution is -2.16. The summed E-state index contributed by atoms with van der Waals surface area (Å²) in [6, 6.07) is 66.7. The first kappa shape index (κ1) is 30.8. The Morgan fingerprint density at radius 2 is 0.922 bits per heavy atom. The first-order valence-corrected chi connectivity index (χ1v) is 17.9. The standard InChI is InChI=1S/C50H39N/c1-34-15-7-10-20-41(34)46-32-38-19-9-8-18-37(38)31-45(46)36-25-27-39(28-26-36)51(49-24-14-12-21-42(49)35-16-5-4-6-17-35)40-29-30-44-43-22-11-13-23-47(43)50(2,3)48(44)33-40/h4-33H,1-3H3. The Morgan fingerprint density at radius 3 is 1.67 bits per heavy atom. The Kier molecular flexibility index (Phi) is 7.44. The smallest absolute Gasteiger partial charge is 0.0540 e. The van der Waals surface area contributed by atoms with E-state index in [2.05, 4.69) is 208 Å². The highest BCUT2D eigenvalue weighted by Gasteiger charge is 2.35. The average molecular weight is 654 g/mol. The van der Waals surface area contributed by atoms with Gasteiger partial charge in [0.25, 0.3) is 0 Å².